The first-order valence-electron chi connectivity index (χ1n) is 6.41. The van der Waals surface area contributed by atoms with Crippen LogP contribution in [0, 0.1) is 27.7 Å². The van der Waals surface area contributed by atoms with Gasteiger partial charge in [-0.15, -0.1) is 0 Å². The van der Waals surface area contributed by atoms with Gasteiger partial charge in [-0.2, -0.15) is 0 Å². The van der Waals surface area contributed by atoms with Gasteiger partial charge in [0, 0.05) is 24.8 Å². The maximum absolute atomic E-state index is 6.22. The molecule has 0 atom stereocenters. The van der Waals surface area contributed by atoms with E-state index in [2.05, 4.69) is 45.7 Å². The minimum atomic E-state index is 0.0747. The first kappa shape index (κ1) is 12.4. The summed E-state index contributed by atoms with van der Waals surface area (Å²) in [5.41, 5.74) is 13.2. The molecule has 2 rings (SSSR count). The van der Waals surface area contributed by atoms with Crippen LogP contribution in [0.2, 0.25) is 0 Å². The Morgan fingerprint density at radius 1 is 1.12 bits per heavy atom. The predicted octanol–water partition coefficient (Wildman–Crippen LogP) is 2.85. The van der Waals surface area contributed by atoms with E-state index in [0.29, 0.717) is 0 Å². The second kappa shape index (κ2) is 4.02. The maximum atomic E-state index is 6.22. The van der Waals surface area contributed by atoms with E-state index in [-0.39, 0.29) is 5.54 Å². The fraction of sp³-hybridized carbons (Fsp3) is 0.600. The van der Waals surface area contributed by atoms with Crippen LogP contribution < -0.4 is 10.6 Å². The third-order valence-electron chi connectivity index (χ3n) is 4.15. The smallest absolute Gasteiger partial charge is 0.0429 e. The summed E-state index contributed by atoms with van der Waals surface area (Å²) in [6.07, 6.45) is 2.33. The SMILES string of the molecule is Cc1cc(C)c(C)c(N(C)CC2(N)CC2)c1C. The first-order valence-corrected chi connectivity index (χ1v) is 6.41. The van der Waals surface area contributed by atoms with Gasteiger partial charge in [-0.3, -0.25) is 0 Å². The zero-order chi connectivity index (χ0) is 12.8. The number of anilines is 1. The predicted molar refractivity (Wildman–Crippen MR) is 74.8 cm³/mol. The van der Waals surface area contributed by atoms with E-state index in [0.717, 1.165) is 6.54 Å². The summed E-state index contributed by atoms with van der Waals surface area (Å²) in [6.45, 7) is 9.77. The van der Waals surface area contributed by atoms with Crippen molar-refractivity contribution in [3.63, 3.8) is 0 Å². The highest BCUT2D eigenvalue weighted by atomic mass is 15.1. The van der Waals surface area contributed by atoms with Crippen molar-refractivity contribution in [2.45, 2.75) is 46.1 Å². The third kappa shape index (κ3) is 2.32. The van der Waals surface area contributed by atoms with Crippen molar-refractivity contribution in [3.05, 3.63) is 28.3 Å². The second-order valence-corrected chi connectivity index (χ2v) is 5.83. The molecule has 2 N–H and O–H groups in total. The molecule has 1 aliphatic rings. The van der Waals surface area contributed by atoms with E-state index in [4.69, 9.17) is 5.73 Å². The molecule has 0 spiro atoms. The lowest BCUT2D eigenvalue weighted by Crippen LogP contribution is -2.38. The molecular weight excluding hydrogens is 208 g/mol. The Morgan fingerprint density at radius 2 is 1.59 bits per heavy atom. The molecule has 0 radical (unpaired) electrons. The molecule has 1 fully saturated rings. The number of likely N-dealkylation sites (N-methyl/N-ethyl adjacent to an activating group) is 1. The summed E-state index contributed by atoms with van der Waals surface area (Å²) in [4.78, 5) is 2.34. The molecule has 17 heavy (non-hydrogen) atoms. The molecule has 0 amide bonds. The van der Waals surface area contributed by atoms with Crippen molar-refractivity contribution in [2.75, 3.05) is 18.5 Å². The fourth-order valence-corrected chi connectivity index (χ4v) is 2.64. The summed E-state index contributed by atoms with van der Waals surface area (Å²) in [6, 6.07) is 2.28. The highest BCUT2D eigenvalue weighted by molar-refractivity contribution is 5.63. The molecule has 1 aromatic carbocycles. The molecule has 2 heteroatoms. The normalized spacial score (nSPS) is 17.1. The molecule has 2 nitrogen and oxygen atoms in total. The Labute approximate surface area is 105 Å². The van der Waals surface area contributed by atoms with Gasteiger partial charge >= 0.3 is 0 Å². The van der Waals surface area contributed by atoms with Gasteiger partial charge < -0.3 is 10.6 Å². The van der Waals surface area contributed by atoms with Gasteiger partial charge in [0.25, 0.3) is 0 Å². The van der Waals surface area contributed by atoms with Gasteiger partial charge in [0.15, 0.2) is 0 Å². The largest absolute Gasteiger partial charge is 0.372 e. The van der Waals surface area contributed by atoms with Gasteiger partial charge in [0.2, 0.25) is 0 Å². The number of hydrogen-bond donors (Lipinski definition) is 1. The third-order valence-corrected chi connectivity index (χ3v) is 4.15. The first-order chi connectivity index (χ1) is 7.84. The lowest BCUT2D eigenvalue weighted by Gasteiger charge is -2.28. The van der Waals surface area contributed by atoms with Gasteiger partial charge in [-0.05, 0) is 62.8 Å². The zero-order valence-corrected chi connectivity index (χ0v) is 11.7. The van der Waals surface area contributed by atoms with Crippen molar-refractivity contribution >= 4 is 5.69 Å². The second-order valence-electron chi connectivity index (χ2n) is 5.83. The average Bonchev–Trinajstić information content (AvgIpc) is 2.93. The van der Waals surface area contributed by atoms with E-state index in [9.17, 15) is 0 Å². The highest BCUT2D eigenvalue weighted by Crippen LogP contribution is 2.36. The summed E-state index contributed by atoms with van der Waals surface area (Å²) in [7, 11) is 2.17. The molecule has 94 valence electrons. The standard InChI is InChI=1S/C15H24N2/c1-10-8-11(2)13(4)14(12(10)3)17(5)9-15(16)6-7-15/h8H,6-7,9,16H2,1-5H3. The number of aryl methyl sites for hydroxylation is 2. The monoisotopic (exact) mass is 232 g/mol. The van der Waals surface area contributed by atoms with Crippen molar-refractivity contribution in [2.24, 2.45) is 5.73 Å². The van der Waals surface area contributed by atoms with Crippen LogP contribution in [0.5, 0.6) is 0 Å². The van der Waals surface area contributed by atoms with Crippen LogP contribution in [0.1, 0.15) is 35.1 Å². The van der Waals surface area contributed by atoms with Crippen LogP contribution in [-0.4, -0.2) is 19.1 Å². The Hall–Kier alpha value is -1.02. The minimum absolute atomic E-state index is 0.0747. The average molecular weight is 232 g/mol. The van der Waals surface area contributed by atoms with Crippen LogP contribution in [0.15, 0.2) is 6.07 Å². The van der Waals surface area contributed by atoms with Crippen molar-refractivity contribution in [3.8, 4) is 0 Å². The quantitative estimate of drug-likeness (QED) is 0.868. The van der Waals surface area contributed by atoms with Crippen LogP contribution >= 0.6 is 0 Å². The van der Waals surface area contributed by atoms with Crippen LogP contribution in [0.25, 0.3) is 0 Å². The Morgan fingerprint density at radius 3 is 2.00 bits per heavy atom. The molecule has 0 heterocycles. The molecule has 0 unspecified atom stereocenters. The van der Waals surface area contributed by atoms with Gasteiger partial charge in [0.05, 0.1) is 0 Å². The highest BCUT2D eigenvalue weighted by Gasteiger charge is 2.39. The Kier molecular flexibility index (Phi) is 2.94. The minimum Gasteiger partial charge on any atom is -0.372 e. The molecule has 1 aromatic rings. The Balaban J connectivity index is 2.36. The van der Waals surface area contributed by atoms with Crippen LogP contribution in [0.4, 0.5) is 5.69 Å². The molecule has 1 saturated carbocycles. The van der Waals surface area contributed by atoms with Crippen molar-refractivity contribution in [1.82, 2.24) is 0 Å². The summed E-state index contributed by atoms with van der Waals surface area (Å²) in [5, 5.41) is 0. The van der Waals surface area contributed by atoms with E-state index < -0.39 is 0 Å². The lowest BCUT2D eigenvalue weighted by molar-refractivity contribution is 0.658. The maximum Gasteiger partial charge on any atom is 0.0429 e. The van der Waals surface area contributed by atoms with Crippen molar-refractivity contribution in [1.29, 1.82) is 0 Å². The fourth-order valence-electron chi connectivity index (χ4n) is 2.64. The van der Waals surface area contributed by atoms with Crippen molar-refractivity contribution < 1.29 is 0 Å². The van der Waals surface area contributed by atoms with E-state index >= 15 is 0 Å². The molecule has 0 bridgehead atoms. The number of rotatable bonds is 3. The molecule has 0 saturated heterocycles. The van der Waals surface area contributed by atoms with Gasteiger partial charge in [0.1, 0.15) is 0 Å². The zero-order valence-electron chi connectivity index (χ0n) is 11.7. The van der Waals surface area contributed by atoms with Crippen LogP contribution in [-0.2, 0) is 0 Å². The summed E-state index contributed by atoms with van der Waals surface area (Å²) >= 11 is 0. The lowest BCUT2D eigenvalue weighted by atomic mass is 9.97. The van der Waals surface area contributed by atoms with E-state index in [1.165, 1.54) is 40.8 Å². The Bertz CT molecular complexity index is 418. The number of benzene rings is 1. The van der Waals surface area contributed by atoms with E-state index in [1.54, 1.807) is 0 Å². The summed E-state index contributed by atoms with van der Waals surface area (Å²) < 4.78 is 0. The molecule has 1 aliphatic carbocycles. The number of hydrogen-bond acceptors (Lipinski definition) is 2. The van der Waals surface area contributed by atoms with Gasteiger partial charge in [-0.25, -0.2) is 0 Å². The van der Waals surface area contributed by atoms with E-state index in [1.807, 2.05) is 0 Å². The van der Waals surface area contributed by atoms with Gasteiger partial charge in [-0.1, -0.05) is 6.07 Å². The number of nitrogens with two attached hydrogens (primary N) is 1. The molecule has 0 aromatic heterocycles. The molecule has 0 aliphatic heterocycles. The number of nitrogens with zero attached hydrogens (tertiary/aromatic N) is 1. The van der Waals surface area contributed by atoms with Crippen LogP contribution in [0.3, 0.4) is 0 Å². The topological polar surface area (TPSA) is 29.3 Å². The molecular formula is C15H24N2. The summed E-state index contributed by atoms with van der Waals surface area (Å²) in [5.74, 6) is 0.